The molecule has 114 valence electrons. The van der Waals surface area contributed by atoms with Crippen molar-refractivity contribution in [3.8, 4) is 0 Å². The highest BCUT2D eigenvalue weighted by molar-refractivity contribution is 6.00. The van der Waals surface area contributed by atoms with E-state index in [1.54, 1.807) is 25.8 Å². The normalized spacial score (nSPS) is 17.9. The number of likely N-dealkylation sites (N-methyl/N-ethyl adjacent to an activating group) is 1. The van der Waals surface area contributed by atoms with Crippen LogP contribution in [0.4, 0.5) is 10.2 Å². The fourth-order valence-electron chi connectivity index (χ4n) is 2.42. The lowest BCUT2D eigenvalue weighted by Gasteiger charge is -2.44. The van der Waals surface area contributed by atoms with E-state index in [9.17, 15) is 14.0 Å². The SMILES string of the molecule is CN1CCN(C(=O)c2ccnc(NN)c2F)C(C)(C)C1=O. The monoisotopic (exact) mass is 295 g/mol. The van der Waals surface area contributed by atoms with Gasteiger partial charge in [0, 0.05) is 26.3 Å². The summed E-state index contributed by atoms with van der Waals surface area (Å²) in [5.74, 6) is 3.37. The first-order valence-corrected chi connectivity index (χ1v) is 6.49. The third kappa shape index (κ3) is 2.42. The minimum absolute atomic E-state index is 0.164. The maximum absolute atomic E-state index is 14.2. The van der Waals surface area contributed by atoms with E-state index in [4.69, 9.17) is 5.84 Å². The molecule has 2 heterocycles. The van der Waals surface area contributed by atoms with Gasteiger partial charge in [0.25, 0.3) is 5.91 Å². The number of hydrazine groups is 1. The number of halogens is 1. The van der Waals surface area contributed by atoms with Gasteiger partial charge in [-0.2, -0.15) is 0 Å². The predicted molar refractivity (Wildman–Crippen MR) is 74.8 cm³/mol. The van der Waals surface area contributed by atoms with Crippen molar-refractivity contribution in [3.05, 3.63) is 23.6 Å². The van der Waals surface area contributed by atoms with Crippen LogP contribution in [0.25, 0.3) is 0 Å². The molecule has 2 amide bonds. The summed E-state index contributed by atoms with van der Waals surface area (Å²) in [5, 5.41) is 0. The van der Waals surface area contributed by atoms with Gasteiger partial charge in [0.15, 0.2) is 11.6 Å². The summed E-state index contributed by atoms with van der Waals surface area (Å²) < 4.78 is 14.2. The fraction of sp³-hybridized carbons (Fsp3) is 0.462. The molecule has 8 heteroatoms. The van der Waals surface area contributed by atoms with Crippen molar-refractivity contribution in [2.75, 3.05) is 25.6 Å². The number of pyridine rings is 1. The smallest absolute Gasteiger partial charge is 0.257 e. The molecule has 7 nitrogen and oxygen atoms in total. The van der Waals surface area contributed by atoms with Crippen molar-refractivity contribution in [2.45, 2.75) is 19.4 Å². The van der Waals surface area contributed by atoms with Gasteiger partial charge in [-0.05, 0) is 19.9 Å². The molecule has 1 fully saturated rings. The molecule has 0 atom stereocenters. The number of hydrogen-bond acceptors (Lipinski definition) is 5. The summed E-state index contributed by atoms with van der Waals surface area (Å²) >= 11 is 0. The Morgan fingerprint density at radius 1 is 1.48 bits per heavy atom. The molecule has 0 radical (unpaired) electrons. The second kappa shape index (κ2) is 5.28. The number of amides is 2. The zero-order chi connectivity index (χ0) is 15.8. The van der Waals surface area contributed by atoms with E-state index in [0.717, 1.165) is 0 Å². The Hall–Kier alpha value is -2.22. The predicted octanol–water partition coefficient (Wildman–Crippen LogP) is 0.199. The van der Waals surface area contributed by atoms with Crippen LogP contribution in [-0.2, 0) is 4.79 Å². The molecule has 1 aromatic rings. The second-order valence-electron chi connectivity index (χ2n) is 5.41. The zero-order valence-electron chi connectivity index (χ0n) is 12.2. The van der Waals surface area contributed by atoms with Gasteiger partial charge < -0.3 is 15.2 Å². The van der Waals surface area contributed by atoms with E-state index in [1.807, 2.05) is 0 Å². The van der Waals surface area contributed by atoms with Crippen molar-refractivity contribution in [3.63, 3.8) is 0 Å². The molecule has 0 aromatic carbocycles. The van der Waals surface area contributed by atoms with Gasteiger partial charge in [-0.3, -0.25) is 9.59 Å². The summed E-state index contributed by atoms with van der Waals surface area (Å²) in [7, 11) is 1.68. The minimum Gasteiger partial charge on any atom is -0.342 e. The van der Waals surface area contributed by atoms with E-state index in [1.165, 1.54) is 17.2 Å². The first kappa shape index (κ1) is 15.2. The van der Waals surface area contributed by atoms with E-state index in [-0.39, 0.29) is 17.3 Å². The highest BCUT2D eigenvalue weighted by Gasteiger charge is 2.43. The highest BCUT2D eigenvalue weighted by Crippen LogP contribution is 2.25. The quantitative estimate of drug-likeness (QED) is 0.601. The summed E-state index contributed by atoms with van der Waals surface area (Å²) in [6.45, 7) is 4.03. The Morgan fingerprint density at radius 3 is 2.76 bits per heavy atom. The molecule has 0 spiro atoms. The maximum Gasteiger partial charge on any atom is 0.257 e. The van der Waals surface area contributed by atoms with Crippen LogP contribution in [0.2, 0.25) is 0 Å². The molecule has 0 unspecified atom stereocenters. The Bertz CT molecular complexity index is 590. The van der Waals surface area contributed by atoms with Crippen molar-refractivity contribution < 1.29 is 14.0 Å². The Balaban J connectivity index is 2.38. The molecule has 21 heavy (non-hydrogen) atoms. The molecule has 3 N–H and O–H groups in total. The first-order valence-electron chi connectivity index (χ1n) is 6.49. The number of nitrogens with two attached hydrogens (primary N) is 1. The molecule has 2 rings (SSSR count). The first-order chi connectivity index (χ1) is 9.80. The molecular formula is C13H18FN5O2. The lowest BCUT2D eigenvalue weighted by Crippen LogP contribution is -2.63. The number of piperazine rings is 1. The van der Waals surface area contributed by atoms with Gasteiger partial charge in [0.2, 0.25) is 5.91 Å². The molecule has 0 aliphatic carbocycles. The van der Waals surface area contributed by atoms with E-state index in [2.05, 4.69) is 10.4 Å². The molecule has 0 bridgehead atoms. The Kier molecular flexibility index (Phi) is 3.82. The minimum atomic E-state index is -1.03. The number of aromatic nitrogens is 1. The van der Waals surface area contributed by atoms with E-state index in [0.29, 0.717) is 13.1 Å². The molecule has 0 saturated carbocycles. The van der Waals surface area contributed by atoms with E-state index >= 15 is 0 Å². The third-order valence-corrected chi connectivity index (χ3v) is 3.71. The largest absolute Gasteiger partial charge is 0.342 e. The van der Waals surface area contributed by atoms with E-state index < -0.39 is 17.3 Å². The number of carbonyl (C=O) groups is 2. The van der Waals surface area contributed by atoms with Gasteiger partial charge in [-0.25, -0.2) is 15.2 Å². The number of rotatable bonds is 2. The van der Waals surface area contributed by atoms with Gasteiger partial charge in [-0.1, -0.05) is 0 Å². The van der Waals surface area contributed by atoms with Crippen molar-refractivity contribution in [1.29, 1.82) is 0 Å². The topological polar surface area (TPSA) is 91.6 Å². The number of nitrogens with zero attached hydrogens (tertiary/aromatic N) is 3. The van der Waals surface area contributed by atoms with Crippen LogP contribution < -0.4 is 11.3 Å². The average molecular weight is 295 g/mol. The van der Waals surface area contributed by atoms with Crippen LogP contribution in [0.1, 0.15) is 24.2 Å². The zero-order valence-corrected chi connectivity index (χ0v) is 12.2. The van der Waals surface area contributed by atoms with Crippen LogP contribution in [0.5, 0.6) is 0 Å². The summed E-state index contributed by atoms with van der Waals surface area (Å²) in [4.78, 5) is 31.4. The molecular weight excluding hydrogens is 277 g/mol. The number of hydrogen-bond donors (Lipinski definition) is 2. The van der Waals surface area contributed by atoms with Gasteiger partial charge in [-0.15, -0.1) is 0 Å². The number of carbonyl (C=O) groups excluding carboxylic acids is 2. The van der Waals surface area contributed by atoms with Crippen LogP contribution >= 0.6 is 0 Å². The van der Waals surface area contributed by atoms with Crippen LogP contribution in [0.3, 0.4) is 0 Å². The fourth-order valence-corrected chi connectivity index (χ4v) is 2.42. The Morgan fingerprint density at radius 2 is 2.14 bits per heavy atom. The van der Waals surface area contributed by atoms with Crippen molar-refractivity contribution in [1.82, 2.24) is 14.8 Å². The molecule has 1 saturated heterocycles. The highest BCUT2D eigenvalue weighted by atomic mass is 19.1. The Labute approximate surface area is 121 Å². The molecule has 1 aliphatic heterocycles. The molecule has 1 aromatic heterocycles. The van der Waals surface area contributed by atoms with Gasteiger partial charge in [0.1, 0.15) is 5.54 Å². The molecule has 1 aliphatic rings. The number of nitrogens with one attached hydrogen (secondary N) is 1. The van der Waals surface area contributed by atoms with Crippen molar-refractivity contribution in [2.24, 2.45) is 5.84 Å². The summed E-state index contributed by atoms with van der Waals surface area (Å²) in [6.07, 6.45) is 1.29. The lowest BCUT2D eigenvalue weighted by molar-refractivity contribution is -0.144. The average Bonchev–Trinajstić information content (AvgIpc) is 2.44. The van der Waals surface area contributed by atoms with Crippen LogP contribution in [0, 0.1) is 5.82 Å². The second-order valence-corrected chi connectivity index (χ2v) is 5.41. The third-order valence-electron chi connectivity index (χ3n) is 3.71. The standard InChI is InChI=1S/C13H18FN5O2/c1-13(2)12(21)18(3)6-7-19(13)11(20)8-4-5-16-10(17-15)9(8)14/h4-5H,6-7,15H2,1-3H3,(H,16,17). The van der Waals surface area contributed by atoms with Crippen LogP contribution in [-0.4, -0.2) is 52.3 Å². The van der Waals surface area contributed by atoms with Gasteiger partial charge >= 0.3 is 0 Å². The number of nitrogen functional groups attached to an aromatic ring is 1. The summed E-state index contributed by atoms with van der Waals surface area (Å²) in [6, 6.07) is 1.28. The van der Waals surface area contributed by atoms with Crippen LogP contribution in [0.15, 0.2) is 12.3 Å². The van der Waals surface area contributed by atoms with Crippen molar-refractivity contribution >= 4 is 17.6 Å². The maximum atomic E-state index is 14.2. The lowest BCUT2D eigenvalue weighted by atomic mass is 9.96. The van der Waals surface area contributed by atoms with Gasteiger partial charge in [0.05, 0.1) is 5.56 Å². The summed E-state index contributed by atoms with van der Waals surface area (Å²) in [5.41, 5.74) is 0.903. The number of anilines is 1.